The molecule has 2 aromatic rings. The lowest BCUT2D eigenvalue weighted by molar-refractivity contribution is -0.128. The molecule has 0 unspecified atom stereocenters. The summed E-state index contributed by atoms with van der Waals surface area (Å²) < 4.78 is 11.2. The molecule has 2 N–H and O–H groups in total. The third-order valence-corrected chi connectivity index (χ3v) is 3.93. The predicted molar refractivity (Wildman–Crippen MR) is 103 cm³/mol. The molecule has 136 valence electrons. The van der Waals surface area contributed by atoms with E-state index in [1.54, 1.807) is 31.4 Å². The van der Waals surface area contributed by atoms with Crippen LogP contribution in [0.1, 0.15) is 11.1 Å². The van der Waals surface area contributed by atoms with Crippen molar-refractivity contribution in [3.8, 4) is 11.5 Å². The lowest BCUT2D eigenvalue weighted by Gasteiger charge is -2.09. The highest BCUT2D eigenvalue weighted by molar-refractivity contribution is 9.10. The summed E-state index contributed by atoms with van der Waals surface area (Å²) in [5.41, 5.74) is 6.49. The molecule has 0 atom stereocenters. The lowest BCUT2D eigenvalue weighted by Crippen LogP contribution is -2.43. The van der Waals surface area contributed by atoms with Gasteiger partial charge in [-0.05, 0) is 64.3 Å². The third kappa shape index (κ3) is 6.25. The number of benzene rings is 2. The number of methoxy groups -OCH3 is 1. The number of aryl methyl sites for hydroxylation is 1. The van der Waals surface area contributed by atoms with Crippen LogP contribution in [0.5, 0.6) is 11.5 Å². The molecule has 0 aliphatic rings. The molecule has 0 saturated heterocycles. The van der Waals surface area contributed by atoms with Crippen molar-refractivity contribution in [2.24, 2.45) is 0 Å². The zero-order valence-electron chi connectivity index (χ0n) is 14.4. The first-order valence-corrected chi connectivity index (χ1v) is 8.57. The maximum Gasteiger partial charge on any atom is 0.276 e. The highest BCUT2D eigenvalue weighted by Crippen LogP contribution is 2.25. The molecule has 2 aromatic carbocycles. The maximum absolute atomic E-state index is 11.7. The number of carbonyl (C=O) groups is 2. The first-order valence-electron chi connectivity index (χ1n) is 7.78. The number of hydrogen-bond donors (Lipinski definition) is 2. The average molecular weight is 419 g/mol. The summed E-state index contributed by atoms with van der Waals surface area (Å²) in [4.78, 5) is 23.5. The Morgan fingerprint density at radius 1 is 1.12 bits per heavy atom. The van der Waals surface area contributed by atoms with Gasteiger partial charge < -0.3 is 9.47 Å². The van der Waals surface area contributed by atoms with Crippen molar-refractivity contribution in [1.82, 2.24) is 10.9 Å². The molecule has 0 fully saturated rings. The summed E-state index contributed by atoms with van der Waals surface area (Å²) in [6.07, 6.45) is 2.94. The first-order chi connectivity index (χ1) is 12.5. The van der Waals surface area contributed by atoms with Crippen molar-refractivity contribution >= 4 is 33.8 Å². The molecular formula is C19H19BrN2O4. The molecule has 0 saturated carbocycles. The van der Waals surface area contributed by atoms with E-state index in [1.165, 1.54) is 6.08 Å². The molecule has 0 aromatic heterocycles. The highest BCUT2D eigenvalue weighted by Gasteiger charge is 2.06. The molecule has 0 aliphatic carbocycles. The van der Waals surface area contributed by atoms with E-state index < -0.39 is 11.8 Å². The summed E-state index contributed by atoms with van der Waals surface area (Å²) >= 11 is 3.37. The van der Waals surface area contributed by atoms with E-state index >= 15 is 0 Å². The zero-order chi connectivity index (χ0) is 18.9. The van der Waals surface area contributed by atoms with E-state index in [1.807, 2.05) is 31.2 Å². The lowest BCUT2D eigenvalue weighted by atomic mass is 10.2. The van der Waals surface area contributed by atoms with Gasteiger partial charge in [0.1, 0.15) is 11.5 Å². The number of halogens is 1. The van der Waals surface area contributed by atoms with Gasteiger partial charge in [0.05, 0.1) is 11.6 Å². The minimum atomic E-state index is -0.469. The van der Waals surface area contributed by atoms with Crippen LogP contribution in [0, 0.1) is 6.92 Å². The molecule has 26 heavy (non-hydrogen) atoms. The van der Waals surface area contributed by atoms with Gasteiger partial charge >= 0.3 is 0 Å². The highest BCUT2D eigenvalue weighted by atomic mass is 79.9. The number of nitrogens with one attached hydrogen (secondary N) is 2. The van der Waals surface area contributed by atoms with Crippen LogP contribution in [0.3, 0.4) is 0 Å². The number of ether oxygens (including phenoxy) is 2. The van der Waals surface area contributed by atoms with Crippen LogP contribution >= 0.6 is 15.9 Å². The number of amides is 2. The second kappa shape index (κ2) is 9.62. The van der Waals surface area contributed by atoms with Crippen LogP contribution in [0.15, 0.2) is 53.0 Å². The summed E-state index contributed by atoms with van der Waals surface area (Å²) in [6, 6.07) is 12.7. The number of carbonyl (C=O) groups excluding carboxylic acids is 2. The maximum atomic E-state index is 11.7. The Kier molecular flexibility index (Phi) is 7.23. The molecule has 0 spiro atoms. The Morgan fingerprint density at radius 2 is 1.85 bits per heavy atom. The normalized spacial score (nSPS) is 10.4. The van der Waals surface area contributed by atoms with Gasteiger partial charge in [0.15, 0.2) is 6.61 Å². The van der Waals surface area contributed by atoms with E-state index in [0.717, 1.165) is 21.3 Å². The molecule has 0 radical (unpaired) electrons. The third-order valence-electron chi connectivity index (χ3n) is 3.31. The topological polar surface area (TPSA) is 76.7 Å². The fourth-order valence-electron chi connectivity index (χ4n) is 1.96. The Labute approximate surface area is 160 Å². The smallest absolute Gasteiger partial charge is 0.276 e. The minimum absolute atomic E-state index is 0.218. The van der Waals surface area contributed by atoms with Crippen molar-refractivity contribution in [3.05, 3.63) is 64.1 Å². The molecule has 0 aliphatic heterocycles. The van der Waals surface area contributed by atoms with Crippen LogP contribution in [0.4, 0.5) is 0 Å². The SMILES string of the molecule is COc1ccc(/C=C/C(=O)NNC(=O)COc2ccc(C)cc2Br)cc1. The molecule has 2 amide bonds. The van der Waals surface area contributed by atoms with Crippen LogP contribution in [0.25, 0.3) is 6.08 Å². The monoisotopic (exact) mass is 418 g/mol. The summed E-state index contributed by atoms with van der Waals surface area (Å²) in [7, 11) is 1.59. The first kappa shape index (κ1) is 19.5. The molecular weight excluding hydrogens is 400 g/mol. The van der Waals surface area contributed by atoms with E-state index in [2.05, 4.69) is 26.8 Å². The number of hydrazine groups is 1. The van der Waals surface area contributed by atoms with Gasteiger partial charge in [-0.3, -0.25) is 20.4 Å². The van der Waals surface area contributed by atoms with E-state index in [0.29, 0.717) is 5.75 Å². The van der Waals surface area contributed by atoms with E-state index in [9.17, 15) is 9.59 Å². The summed E-state index contributed by atoms with van der Waals surface area (Å²) in [5.74, 6) is 0.366. The Balaban J connectivity index is 1.75. The van der Waals surface area contributed by atoms with E-state index in [-0.39, 0.29) is 6.61 Å². The zero-order valence-corrected chi connectivity index (χ0v) is 16.0. The molecule has 0 bridgehead atoms. The van der Waals surface area contributed by atoms with Crippen molar-refractivity contribution in [3.63, 3.8) is 0 Å². The van der Waals surface area contributed by atoms with Gasteiger partial charge in [0.25, 0.3) is 11.8 Å². The van der Waals surface area contributed by atoms with Crippen LogP contribution < -0.4 is 20.3 Å². The van der Waals surface area contributed by atoms with Crippen LogP contribution in [-0.2, 0) is 9.59 Å². The van der Waals surface area contributed by atoms with Gasteiger partial charge in [-0.25, -0.2) is 0 Å². The van der Waals surface area contributed by atoms with Crippen LogP contribution in [0.2, 0.25) is 0 Å². The Bertz CT molecular complexity index is 804. The largest absolute Gasteiger partial charge is 0.497 e. The second-order valence-electron chi connectivity index (χ2n) is 5.37. The molecule has 2 rings (SSSR count). The molecule has 6 nitrogen and oxygen atoms in total. The van der Waals surface area contributed by atoms with Crippen molar-refractivity contribution in [1.29, 1.82) is 0 Å². The van der Waals surface area contributed by atoms with Gasteiger partial charge in [0, 0.05) is 6.08 Å². The number of hydrogen-bond acceptors (Lipinski definition) is 4. The van der Waals surface area contributed by atoms with Crippen molar-refractivity contribution in [2.75, 3.05) is 13.7 Å². The van der Waals surface area contributed by atoms with Gasteiger partial charge in [0.2, 0.25) is 0 Å². The number of rotatable bonds is 6. The fraction of sp³-hybridized carbons (Fsp3) is 0.158. The van der Waals surface area contributed by atoms with Crippen LogP contribution in [-0.4, -0.2) is 25.5 Å². The quantitative estimate of drug-likeness (QED) is 0.558. The average Bonchev–Trinajstić information content (AvgIpc) is 2.64. The van der Waals surface area contributed by atoms with Gasteiger partial charge in [-0.15, -0.1) is 0 Å². The van der Waals surface area contributed by atoms with Crippen molar-refractivity contribution < 1.29 is 19.1 Å². The van der Waals surface area contributed by atoms with Gasteiger partial charge in [-0.1, -0.05) is 18.2 Å². The predicted octanol–water partition coefficient (Wildman–Crippen LogP) is 3.01. The standard InChI is InChI=1S/C19H19BrN2O4/c1-13-3-9-17(16(20)11-13)26-12-19(24)22-21-18(23)10-6-14-4-7-15(25-2)8-5-14/h3-11H,12H2,1-2H3,(H,21,23)(H,22,24)/b10-6+. The molecule has 7 heteroatoms. The second-order valence-corrected chi connectivity index (χ2v) is 6.22. The Hall–Kier alpha value is -2.80. The summed E-state index contributed by atoms with van der Waals surface area (Å²) in [5, 5.41) is 0. The minimum Gasteiger partial charge on any atom is -0.497 e. The molecule has 0 heterocycles. The van der Waals surface area contributed by atoms with Gasteiger partial charge in [-0.2, -0.15) is 0 Å². The fourth-order valence-corrected chi connectivity index (χ4v) is 2.57. The van der Waals surface area contributed by atoms with E-state index in [4.69, 9.17) is 9.47 Å². The van der Waals surface area contributed by atoms with Crippen molar-refractivity contribution in [2.45, 2.75) is 6.92 Å². The summed E-state index contributed by atoms with van der Waals surface area (Å²) in [6.45, 7) is 1.74. The Morgan fingerprint density at radius 3 is 2.50 bits per heavy atom.